The maximum atomic E-state index is 14.1. The van der Waals surface area contributed by atoms with Gasteiger partial charge in [-0.15, -0.1) is 0 Å². The van der Waals surface area contributed by atoms with Crippen molar-refractivity contribution in [2.45, 2.75) is 26.2 Å². The molecule has 3 nitrogen and oxygen atoms in total. The summed E-state index contributed by atoms with van der Waals surface area (Å²) in [6.07, 6.45) is 3.47. The highest BCUT2D eigenvalue weighted by Crippen LogP contribution is 2.27. The van der Waals surface area contributed by atoms with E-state index in [9.17, 15) is 9.18 Å². The van der Waals surface area contributed by atoms with Gasteiger partial charge in [0.05, 0.1) is 5.69 Å². The molecule has 19 heavy (non-hydrogen) atoms. The van der Waals surface area contributed by atoms with Crippen LogP contribution in [0.25, 0.3) is 0 Å². The third kappa shape index (κ3) is 3.06. The van der Waals surface area contributed by atoms with Crippen LogP contribution < -0.4 is 10.2 Å². The third-order valence-corrected chi connectivity index (χ3v) is 3.87. The molecule has 2 rings (SSSR count). The number of hydrogen-bond acceptors (Lipinski definition) is 2. The lowest BCUT2D eigenvalue weighted by atomic mass is 9.95. The molecule has 1 fully saturated rings. The Morgan fingerprint density at radius 3 is 2.95 bits per heavy atom. The Bertz CT molecular complexity index is 461. The lowest BCUT2D eigenvalue weighted by Crippen LogP contribution is -2.35. The van der Waals surface area contributed by atoms with Crippen LogP contribution >= 0.6 is 0 Å². The van der Waals surface area contributed by atoms with Gasteiger partial charge in [-0.25, -0.2) is 4.39 Å². The monoisotopic (exact) mass is 264 g/mol. The summed E-state index contributed by atoms with van der Waals surface area (Å²) < 4.78 is 14.1. The molecule has 1 aliphatic rings. The summed E-state index contributed by atoms with van der Waals surface area (Å²) in [6.45, 7) is 3.98. The highest BCUT2D eigenvalue weighted by Gasteiger charge is 2.21. The Morgan fingerprint density at radius 2 is 2.32 bits per heavy atom. The maximum Gasteiger partial charge on any atom is 0.251 e. The predicted octanol–water partition coefficient (Wildman–Crippen LogP) is 2.81. The molecule has 1 aliphatic heterocycles. The van der Waals surface area contributed by atoms with Crippen molar-refractivity contribution in [3.8, 4) is 0 Å². The van der Waals surface area contributed by atoms with Crippen molar-refractivity contribution in [1.29, 1.82) is 0 Å². The molecular formula is C15H21FN2O. The fraction of sp³-hybridized carbons (Fsp3) is 0.533. The fourth-order valence-electron chi connectivity index (χ4n) is 2.67. The molecule has 104 valence electrons. The zero-order valence-electron chi connectivity index (χ0n) is 11.6. The van der Waals surface area contributed by atoms with Gasteiger partial charge >= 0.3 is 0 Å². The molecule has 0 saturated carbocycles. The lowest BCUT2D eigenvalue weighted by Gasteiger charge is -2.34. The summed E-state index contributed by atoms with van der Waals surface area (Å²) in [5.74, 6) is 0.0835. The fourth-order valence-corrected chi connectivity index (χ4v) is 2.67. The number of benzene rings is 1. The van der Waals surface area contributed by atoms with Gasteiger partial charge < -0.3 is 10.2 Å². The topological polar surface area (TPSA) is 32.3 Å². The zero-order valence-corrected chi connectivity index (χ0v) is 11.6. The van der Waals surface area contributed by atoms with E-state index in [0.29, 0.717) is 17.2 Å². The van der Waals surface area contributed by atoms with Gasteiger partial charge in [-0.1, -0.05) is 13.3 Å². The van der Waals surface area contributed by atoms with Crippen molar-refractivity contribution in [1.82, 2.24) is 5.32 Å². The number of piperidine rings is 1. The molecule has 1 amide bonds. The van der Waals surface area contributed by atoms with E-state index in [0.717, 1.165) is 25.9 Å². The Balaban J connectivity index is 2.18. The average Bonchev–Trinajstić information content (AvgIpc) is 2.46. The normalized spacial score (nSPS) is 19.3. The second-order valence-electron chi connectivity index (χ2n) is 5.11. The Kier molecular flexibility index (Phi) is 4.40. The molecule has 1 aromatic carbocycles. The van der Waals surface area contributed by atoms with E-state index in [1.807, 2.05) is 0 Å². The highest BCUT2D eigenvalue weighted by molar-refractivity contribution is 5.94. The molecular weight excluding hydrogens is 243 g/mol. The molecule has 1 heterocycles. The first-order valence-corrected chi connectivity index (χ1v) is 6.92. The standard InChI is InChI=1S/C15H21FN2O/c1-3-11-5-4-8-18(10-11)14-7-6-12(9-13(14)16)15(19)17-2/h6-7,9,11H,3-5,8,10H2,1-2H3,(H,17,19). The number of carbonyl (C=O) groups excluding carboxylic acids is 1. The molecule has 1 N–H and O–H groups in total. The molecule has 0 aromatic heterocycles. The minimum Gasteiger partial charge on any atom is -0.369 e. The van der Waals surface area contributed by atoms with Gasteiger partial charge in [0.2, 0.25) is 0 Å². The van der Waals surface area contributed by atoms with Gasteiger partial charge in [-0.3, -0.25) is 4.79 Å². The number of anilines is 1. The molecule has 0 aliphatic carbocycles. The van der Waals surface area contributed by atoms with Crippen molar-refractivity contribution in [2.75, 3.05) is 25.0 Å². The highest BCUT2D eigenvalue weighted by atomic mass is 19.1. The van der Waals surface area contributed by atoms with Crippen LogP contribution in [0.1, 0.15) is 36.5 Å². The molecule has 0 spiro atoms. The van der Waals surface area contributed by atoms with Crippen LogP contribution in [0.15, 0.2) is 18.2 Å². The van der Waals surface area contributed by atoms with Crippen LogP contribution in [-0.4, -0.2) is 26.0 Å². The quantitative estimate of drug-likeness (QED) is 0.910. The first-order valence-electron chi connectivity index (χ1n) is 6.92. The van der Waals surface area contributed by atoms with E-state index in [4.69, 9.17) is 0 Å². The smallest absolute Gasteiger partial charge is 0.251 e. The number of amides is 1. The summed E-state index contributed by atoms with van der Waals surface area (Å²) in [7, 11) is 1.55. The summed E-state index contributed by atoms with van der Waals surface area (Å²) >= 11 is 0. The van der Waals surface area contributed by atoms with Crippen molar-refractivity contribution in [3.05, 3.63) is 29.6 Å². The molecule has 1 atom stereocenters. The van der Waals surface area contributed by atoms with E-state index < -0.39 is 0 Å². The van der Waals surface area contributed by atoms with Gasteiger partial charge in [0.15, 0.2) is 0 Å². The van der Waals surface area contributed by atoms with Crippen molar-refractivity contribution >= 4 is 11.6 Å². The molecule has 1 unspecified atom stereocenters. The van der Waals surface area contributed by atoms with Gasteiger partial charge in [0, 0.05) is 25.7 Å². The predicted molar refractivity (Wildman–Crippen MR) is 75.0 cm³/mol. The molecule has 1 aromatic rings. The average molecular weight is 264 g/mol. The zero-order chi connectivity index (χ0) is 13.8. The van der Waals surface area contributed by atoms with E-state index >= 15 is 0 Å². The second kappa shape index (κ2) is 6.04. The lowest BCUT2D eigenvalue weighted by molar-refractivity contribution is 0.0962. The number of carbonyl (C=O) groups is 1. The number of hydrogen-bond donors (Lipinski definition) is 1. The maximum absolute atomic E-state index is 14.1. The molecule has 0 radical (unpaired) electrons. The minimum absolute atomic E-state index is 0.254. The van der Waals surface area contributed by atoms with Crippen molar-refractivity contribution in [3.63, 3.8) is 0 Å². The van der Waals surface area contributed by atoms with Crippen LogP contribution in [0.4, 0.5) is 10.1 Å². The first-order chi connectivity index (χ1) is 9.15. The van der Waals surface area contributed by atoms with Gasteiger partial charge in [-0.05, 0) is 37.0 Å². The Morgan fingerprint density at radius 1 is 1.53 bits per heavy atom. The summed E-state index contributed by atoms with van der Waals surface area (Å²) in [5.41, 5.74) is 0.985. The van der Waals surface area contributed by atoms with Gasteiger partial charge in [0.1, 0.15) is 5.82 Å². The van der Waals surface area contributed by atoms with Gasteiger partial charge in [-0.2, -0.15) is 0 Å². The largest absolute Gasteiger partial charge is 0.369 e. The minimum atomic E-state index is -0.308. The number of nitrogens with one attached hydrogen (secondary N) is 1. The number of rotatable bonds is 3. The van der Waals surface area contributed by atoms with Crippen LogP contribution in [0, 0.1) is 11.7 Å². The Hall–Kier alpha value is -1.58. The van der Waals surface area contributed by atoms with Gasteiger partial charge in [0.25, 0.3) is 5.91 Å². The number of nitrogens with zero attached hydrogens (tertiary/aromatic N) is 1. The molecule has 4 heteroatoms. The van der Waals surface area contributed by atoms with Crippen molar-refractivity contribution in [2.24, 2.45) is 5.92 Å². The van der Waals surface area contributed by atoms with E-state index in [-0.39, 0.29) is 11.7 Å². The SMILES string of the molecule is CCC1CCCN(c2ccc(C(=O)NC)cc2F)C1. The molecule has 0 bridgehead atoms. The summed E-state index contributed by atoms with van der Waals surface area (Å²) in [4.78, 5) is 13.6. The summed E-state index contributed by atoms with van der Waals surface area (Å²) in [5, 5.41) is 2.50. The Labute approximate surface area is 113 Å². The van der Waals surface area contributed by atoms with E-state index in [2.05, 4.69) is 17.1 Å². The van der Waals surface area contributed by atoms with Crippen molar-refractivity contribution < 1.29 is 9.18 Å². The number of halogens is 1. The van der Waals surface area contributed by atoms with Crippen LogP contribution in [0.3, 0.4) is 0 Å². The summed E-state index contributed by atoms with van der Waals surface area (Å²) in [6, 6.07) is 4.73. The second-order valence-corrected chi connectivity index (χ2v) is 5.11. The first kappa shape index (κ1) is 13.8. The molecule has 1 saturated heterocycles. The van der Waals surface area contributed by atoms with Crippen LogP contribution in [0.2, 0.25) is 0 Å². The van der Waals surface area contributed by atoms with E-state index in [1.54, 1.807) is 19.2 Å². The third-order valence-electron chi connectivity index (χ3n) is 3.87. The van der Waals surface area contributed by atoms with E-state index in [1.165, 1.54) is 12.5 Å². The van der Waals surface area contributed by atoms with Crippen LogP contribution in [0.5, 0.6) is 0 Å². The van der Waals surface area contributed by atoms with Crippen LogP contribution in [-0.2, 0) is 0 Å².